The number of aliphatic carboxylic acids is 1. The lowest BCUT2D eigenvalue weighted by Gasteiger charge is -2.27. The number of H-pyrrole nitrogens is 1. The minimum absolute atomic E-state index is 0.0293. The lowest BCUT2D eigenvalue weighted by Crippen LogP contribution is -2.59. The normalized spacial score (nSPS) is 14.2. The number of carbonyl (C=O) groups is 5. The molecule has 2 rings (SSSR count). The quantitative estimate of drug-likeness (QED) is 0.158. The van der Waals surface area contributed by atoms with Gasteiger partial charge in [0.25, 0.3) is 0 Å². The molecule has 1 heterocycles. The number of imidazole rings is 1. The zero-order valence-corrected chi connectivity index (χ0v) is 20.6. The molecule has 0 aliphatic rings. The number of hydrogen-bond donors (Lipinski definition) is 7. The highest BCUT2D eigenvalue weighted by Gasteiger charge is 2.32. The van der Waals surface area contributed by atoms with Gasteiger partial charge in [-0.2, -0.15) is 0 Å². The van der Waals surface area contributed by atoms with Crippen LogP contribution in [0.25, 0.3) is 0 Å². The molecule has 0 aliphatic carbocycles. The van der Waals surface area contributed by atoms with E-state index in [2.05, 4.69) is 25.9 Å². The second-order valence-electron chi connectivity index (χ2n) is 8.94. The van der Waals surface area contributed by atoms with Gasteiger partial charge in [-0.3, -0.25) is 19.2 Å². The van der Waals surface area contributed by atoms with Crippen LogP contribution in [-0.4, -0.2) is 68.8 Å². The van der Waals surface area contributed by atoms with Crippen molar-refractivity contribution in [2.24, 2.45) is 17.4 Å². The van der Waals surface area contributed by atoms with Crippen molar-refractivity contribution < 1.29 is 29.1 Å². The van der Waals surface area contributed by atoms with E-state index in [1.807, 2.05) is 30.3 Å². The van der Waals surface area contributed by atoms with Crippen LogP contribution in [0, 0.1) is 5.92 Å². The van der Waals surface area contributed by atoms with E-state index in [0.717, 1.165) is 5.56 Å². The molecule has 0 fully saturated rings. The number of nitrogens with one attached hydrogen (secondary N) is 4. The number of carboxylic acid groups (broad SMARTS) is 1. The van der Waals surface area contributed by atoms with E-state index in [0.29, 0.717) is 5.69 Å². The van der Waals surface area contributed by atoms with Crippen molar-refractivity contribution in [1.29, 1.82) is 0 Å². The Morgan fingerprint density at radius 2 is 1.59 bits per heavy atom. The number of benzene rings is 1. The molecule has 4 atom stereocenters. The van der Waals surface area contributed by atoms with Gasteiger partial charge >= 0.3 is 5.97 Å². The summed E-state index contributed by atoms with van der Waals surface area (Å²) in [6.07, 6.45) is 2.57. The molecule has 37 heavy (non-hydrogen) atoms. The van der Waals surface area contributed by atoms with Gasteiger partial charge in [-0.15, -0.1) is 0 Å². The number of amides is 4. The van der Waals surface area contributed by atoms with E-state index in [1.165, 1.54) is 12.5 Å². The highest BCUT2D eigenvalue weighted by atomic mass is 16.4. The van der Waals surface area contributed by atoms with Gasteiger partial charge in [0, 0.05) is 18.3 Å². The third kappa shape index (κ3) is 9.37. The van der Waals surface area contributed by atoms with E-state index in [1.54, 1.807) is 13.8 Å². The topological polar surface area (TPSA) is 222 Å². The summed E-state index contributed by atoms with van der Waals surface area (Å²) in [5.74, 6) is -4.89. The van der Waals surface area contributed by atoms with Gasteiger partial charge < -0.3 is 37.5 Å². The first-order chi connectivity index (χ1) is 17.5. The Labute approximate surface area is 213 Å². The van der Waals surface area contributed by atoms with Crippen molar-refractivity contribution in [2.45, 2.75) is 57.3 Å². The van der Waals surface area contributed by atoms with Crippen LogP contribution in [0.3, 0.4) is 0 Å². The molecule has 0 radical (unpaired) electrons. The smallest absolute Gasteiger partial charge is 0.326 e. The third-order valence-electron chi connectivity index (χ3n) is 5.51. The molecule has 0 saturated heterocycles. The molecule has 0 aliphatic heterocycles. The first kappa shape index (κ1) is 29.0. The molecule has 13 heteroatoms. The lowest BCUT2D eigenvalue weighted by molar-refractivity contribution is -0.144. The highest BCUT2D eigenvalue weighted by Crippen LogP contribution is 2.08. The average Bonchev–Trinajstić information content (AvgIpc) is 3.34. The van der Waals surface area contributed by atoms with Gasteiger partial charge in [0.15, 0.2) is 0 Å². The second-order valence-corrected chi connectivity index (χ2v) is 8.94. The van der Waals surface area contributed by atoms with E-state index in [9.17, 15) is 29.1 Å². The van der Waals surface area contributed by atoms with E-state index in [-0.39, 0.29) is 12.8 Å². The van der Waals surface area contributed by atoms with Crippen molar-refractivity contribution in [2.75, 3.05) is 0 Å². The monoisotopic (exact) mass is 515 g/mol. The summed E-state index contributed by atoms with van der Waals surface area (Å²) >= 11 is 0. The van der Waals surface area contributed by atoms with Crippen LogP contribution >= 0.6 is 0 Å². The Morgan fingerprint density at radius 3 is 2.14 bits per heavy atom. The Morgan fingerprint density at radius 1 is 0.946 bits per heavy atom. The fourth-order valence-corrected chi connectivity index (χ4v) is 3.52. The van der Waals surface area contributed by atoms with Gasteiger partial charge in [-0.25, -0.2) is 9.78 Å². The molecule has 1 aromatic heterocycles. The van der Waals surface area contributed by atoms with E-state index >= 15 is 0 Å². The van der Waals surface area contributed by atoms with Crippen LogP contribution < -0.4 is 27.4 Å². The number of carboxylic acids is 1. The van der Waals surface area contributed by atoms with Crippen molar-refractivity contribution in [3.63, 3.8) is 0 Å². The minimum atomic E-state index is -1.56. The van der Waals surface area contributed by atoms with Gasteiger partial charge in [0.1, 0.15) is 18.1 Å². The molecule has 13 nitrogen and oxygen atoms in total. The Balaban J connectivity index is 2.15. The van der Waals surface area contributed by atoms with Crippen LogP contribution in [0.1, 0.15) is 31.5 Å². The summed E-state index contributed by atoms with van der Waals surface area (Å²) in [4.78, 5) is 68.2. The predicted molar refractivity (Wildman–Crippen MR) is 132 cm³/mol. The maximum Gasteiger partial charge on any atom is 0.326 e. The molecule has 4 amide bonds. The average molecular weight is 516 g/mol. The summed E-state index contributed by atoms with van der Waals surface area (Å²) in [6, 6.07) is 4.37. The van der Waals surface area contributed by atoms with Gasteiger partial charge in [-0.1, -0.05) is 44.2 Å². The van der Waals surface area contributed by atoms with Crippen LogP contribution in [0.4, 0.5) is 0 Å². The van der Waals surface area contributed by atoms with Crippen molar-refractivity contribution >= 4 is 29.6 Å². The summed E-state index contributed by atoms with van der Waals surface area (Å²) < 4.78 is 0. The predicted octanol–water partition coefficient (Wildman–Crippen LogP) is -1.41. The largest absolute Gasteiger partial charge is 0.480 e. The molecule has 200 valence electrons. The molecule has 0 saturated carbocycles. The molecule has 0 bridgehead atoms. The fraction of sp³-hybridized carbons (Fsp3) is 0.417. The summed E-state index contributed by atoms with van der Waals surface area (Å²) in [6.45, 7) is 3.29. The number of aromatic amines is 1. The summed E-state index contributed by atoms with van der Waals surface area (Å²) in [5.41, 5.74) is 12.5. The molecule has 1 aromatic carbocycles. The Hall–Kier alpha value is -4.26. The summed E-state index contributed by atoms with van der Waals surface area (Å²) in [7, 11) is 0. The van der Waals surface area contributed by atoms with Gasteiger partial charge in [0.2, 0.25) is 23.6 Å². The first-order valence-corrected chi connectivity index (χ1v) is 11.7. The second kappa shape index (κ2) is 13.7. The molecular formula is C24H33N7O6. The number of nitrogens with two attached hydrogens (primary N) is 2. The number of rotatable bonds is 14. The van der Waals surface area contributed by atoms with E-state index in [4.69, 9.17) is 11.5 Å². The molecule has 4 unspecified atom stereocenters. The number of aromatic nitrogens is 2. The first-order valence-electron chi connectivity index (χ1n) is 11.7. The van der Waals surface area contributed by atoms with Crippen molar-refractivity contribution in [3.05, 3.63) is 54.1 Å². The number of nitrogens with zero attached hydrogens (tertiary/aromatic N) is 1. The SMILES string of the molecule is CC(C)C(NC(=O)C(Cc1cnc[nH]1)NC(=O)C(N)Cc1ccccc1)C(=O)NC(CC(N)=O)C(=O)O. The number of carbonyl (C=O) groups excluding carboxylic acids is 4. The zero-order chi connectivity index (χ0) is 27.5. The maximum absolute atomic E-state index is 13.2. The van der Waals surface area contributed by atoms with Gasteiger partial charge in [-0.05, 0) is 17.9 Å². The summed E-state index contributed by atoms with van der Waals surface area (Å²) in [5, 5.41) is 16.7. The Kier molecular flexibility index (Phi) is 10.8. The molecule has 0 spiro atoms. The maximum atomic E-state index is 13.2. The highest BCUT2D eigenvalue weighted by molar-refractivity contribution is 5.95. The lowest BCUT2D eigenvalue weighted by atomic mass is 10.0. The number of primary amides is 1. The van der Waals surface area contributed by atoms with Crippen molar-refractivity contribution in [1.82, 2.24) is 25.9 Å². The molecular weight excluding hydrogens is 482 g/mol. The zero-order valence-electron chi connectivity index (χ0n) is 20.6. The number of hydrogen-bond acceptors (Lipinski definition) is 7. The van der Waals surface area contributed by atoms with Crippen LogP contribution in [0.5, 0.6) is 0 Å². The molecule has 9 N–H and O–H groups in total. The molecule has 2 aromatic rings. The standard InChI is InChI=1S/C24H33N7O6/c1-13(2)20(23(35)30-18(24(36)37)10-19(26)32)31-22(34)17(9-15-11-27-12-28-15)29-21(33)16(25)8-14-6-4-3-5-7-14/h3-7,11-13,16-18,20H,8-10,25H2,1-2H3,(H2,26,32)(H,27,28)(H,29,33)(H,30,35)(H,31,34)(H,36,37). The Bertz CT molecular complexity index is 1070. The van der Waals surface area contributed by atoms with Crippen LogP contribution in [0.2, 0.25) is 0 Å². The fourth-order valence-electron chi connectivity index (χ4n) is 3.52. The minimum Gasteiger partial charge on any atom is -0.480 e. The van der Waals surface area contributed by atoms with E-state index < -0.39 is 66.1 Å². The van der Waals surface area contributed by atoms with Crippen molar-refractivity contribution in [3.8, 4) is 0 Å². The van der Waals surface area contributed by atoms with Crippen LogP contribution in [-0.2, 0) is 36.8 Å². The van der Waals surface area contributed by atoms with Crippen LogP contribution in [0.15, 0.2) is 42.9 Å². The van der Waals surface area contributed by atoms with Gasteiger partial charge in [0.05, 0.1) is 18.8 Å². The third-order valence-corrected chi connectivity index (χ3v) is 5.51.